The van der Waals surface area contributed by atoms with Crippen LogP contribution in [-0.2, 0) is 13.0 Å². The monoisotopic (exact) mass is 462 g/mol. The van der Waals surface area contributed by atoms with Gasteiger partial charge in [0, 0.05) is 37.8 Å². The minimum atomic E-state index is -2.65. The third-order valence-electron chi connectivity index (χ3n) is 7.23. The first-order chi connectivity index (χ1) is 15.6. The van der Waals surface area contributed by atoms with Crippen LogP contribution in [-0.4, -0.2) is 42.0 Å². The molecule has 1 aliphatic heterocycles. The fourth-order valence-corrected chi connectivity index (χ4v) is 4.31. The van der Waals surface area contributed by atoms with Gasteiger partial charge < -0.3 is 15.5 Å². The van der Waals surface area contributed by atoms with Crippen molar-refractivity contribution in [1.82, 2.24) is 20.5 Å². The number of hydrogen-bond donors (Lipinski definition) is 2. The molecule has 6 heteroatoms. The number of rotatable bonds is 12. The Morgan fingerprint density at radius 1 is 1.24 bits per heavy atom. The van der Waals surface area contributed by atoms with E-state index in [0.717, 1.165) is 23.2 Å². The van der Waals surface area contributed by atoms with Gasteiger partial charge in [0.15, 0.2) is 0 Å². The number of nitrogens with zero attached hydrogens (tertiary/aromatic N) is 2. The molecular formula is C27H44F2N4. The molecule has 1 aromatic rings. The molecule has 0 saturated carbocycles. The Hall–Kier alpha value is -1.95. The summed E-state index contributed by atoms with van der Waals surface area (Å²) in [4.78, 5) is 6.81. The van der Waals surface area contributed by atoms with Gasteiger partial charge in [-0.1, -0.05) is 40.2 Å². The van der Waals surface area contributed by atoms with E-state index in [-0.39, 0.29) is 12.5 Å². The highest BCUT2D eigenvalue weighted by atomic mass is 19.3. The van der Waals surface area contributed by atoms with Gasteiger partial charge in [-0.15, -0.1) is 0 Å². The van der Waals surface area contributed by atoms with E-state index in [1.165, 1.54) is 12.0 Å². The Morgan fingerprint density at radius 3 is 2.58 bits per heavy atom. The smallest absolute Gasteiger partial charge is 0.251 e. The summed E-state index contributed by atoms with van der Waals surface area (Å²) in [5.41, 5.74) is 4.13. The fourth-order valence-electron chi connectivity index (χ4n) is 4.31. The molecule has 2 rings (SSSR count). The summed E-state index contributed by atoms with van der Waals surface area (Å²) in [5, 5.41) is 6.88. The average molecular weight is 463 g/mol. The van der Waals surface area contributed by atoms with E-state index in [1.807, 2.05) is 27.1 Å². The Labute approximate surface area is 199 Å². The molecule has 33 heavy (non-hydrogen) atoms. The number of nitrogens with one attached hydrogen (secondary N) is 2. The van der Waals surface area contributed by atoms with Gasteiger partial charge in [-0.3, -0.25) is 4.98 Å². The van der Waals surface area contributed by atoms with Gasteiger partial charge >= 0.3 is 0 Å². The first-order valence-electron chi connectivity index (χ1n) is 12.5. The number of aryl methyl sites for hydroxylation is 2. The number of likely N-dealkylation sites (N-methyl/N-ethyl adjacent to an activating group) is 2. The third kappa shape index (κ3) is 7.53. The number of aromatic nitrogens is 1. The number of pyridine rings is 1. The van der Waals surface area contributed by atoms with Crippen molar-refractivity contribution in [1.29, 1.82) is 0 Å². The molecule has 1 aromatic heterocycles. The zero-order valence-corrected chi connectivity index (χ0v) is 21.6. The summed E-state index contributed by atoms with van der Waals surface area (Å²) in [5.74, 6) is -2.60. The summed E-state index contributed by atoms with van der Waals surface area (Å²) >= 11 is 0. The number of hydrogen-bond acceptors (Lipinski definition) is 4. The molecule has 0 fully saturated rings. The molecule has 0 aromatic carbocycles. The van der Waals surface area contributed by atoms with Crippen molar-refractivity contribution in [2.45, 2.75) is 91.3 Å². The summed E-state index contributed by atoms with van der Waals surface area (Å²) in [6, 6.07) is 2.62. The SMILES string of the molecule is CCC(C)CC1/C(=C/NCc2cnc(CCC(F)(F)C(C)CC)c(C)c2)C(NC)C=CN1C. The van der Waals surface area contributed by atoms with Gasteiger partial charge in [-0.2, -0.15) is 0 Å². The van der Waals surface area contributed by atoms with Crippen molar-refractivity contribution >= 4 is 0 Å². The van der Waals surface area contributed by atoms with Crippen molar-refractivity contribution < 1.29 is 8.78 Å². The molecule has 2 heterocycles. The Morgan fingerprint density at radius 2 is 1.97 bits per heavy atom. The van der Waals surface area contributed by atoms with E-state index in [2.05, 4.69) is 66.0 Å². The van der Waals surface area contributed by atoms with Crippen molar-refractivity contribution in [3.05, 3.63) is 53.1 Å². The van der Waals surface area contributed by atoms with Crippen molar-refractivity contribution in [3.63, 3.8) is 0 Å². The van der Waals surface area contributed by atoms with Gasteiger partial charge in [-0.25, -0.2) is 8.78 Å². The van der Waals surface area contributed by atoms with Crippen LogP contribution in [0.2, 0.25) is 0 Å². The molecule has 4 unspecified atom stereocenters. The minimum Gasteiger partial charge on any atom is -0.387 e. The van der Waals surface area contributed by atoms with Crippen LogP contribution in [0.1, 0.15) is 70.2 Å². The molecule has 0 radical (unpaired) electrons. The molecule has 2 N–H and O–H groups in total. The summed E-state index contributed by atoms with van der Waals surface area (Å²) in [7, 11) is 4.13. The second-order valence-corrected chi connectivity index (χ2v) is 9.74. The maximum Gasteiger partial charge on any atom is 0.251 e. The van der Waals surface area contributed by atoms with Crippen LogP contribution in [0.25, 0.3) is 0 Å². The largest absolute Gasteiger partial charge is 0.387 e. The summed E-state index contributed by atoms with van der Waals surface area (Å²) in [6.45, 7) is 10.6. The molecule has 0 bridgehead atoms. The van der Waals surface area contributed by atoms with E-state index < -0.39 is 11.8 Å². The highest BCUT2D eigenvalue weighted by Crippen LogP contribution is 2.32. The molecule has 4 atom stereocenters. The second-order valence-electron chi connectivity index (χ2n) is 9.74. The summed E-state index contributed by atoms with van der Waals surface area (Å²) < 4.78 is 28.4. The first kappa shape index (κ1) is 27.3. The zero-order chi connectivity index (χ0) is 24.6. The Bertz CT molecular complexity index is 805. The van der Waals surface area contributed by atoms with Gasteiger partial charge in [0.2, 0.25) is 0 Å². The molecular weight excluding hydrogens is 418 g/mol. The minimum absolute atomic E-state index is 0.149. The van der Waals surface area contributed by atoms with Gasteiger partial charge in [0.1, 0.15) is 0 Å². The lowest BCUT2D eigenvalue weighted by molar-refractivity contribution is -0.0597. The lowest BCUT2D eigenvalue weighted by Crippen LogP contribution is -2.43. The topological polar surface area (TPSA) is 40.2 Å². The number of alkyl halides is 2. The molecule has 186 valence electrons. The molecule has 0 saturated heterocycles. The van der Waals surface area contributed by atoms with Crippen molar-refractivity contribution in [2.24, 2.45) is 11.8 Å². The quantitative estimate of drug-likeness (QED) is 0.410. The molecule has 0 amide bonds. The third-order valence-corrected chi connectivity index (χ3v) is 7.23. The molecule has 0 spiro atoms. The van der Waals surface area contributed by atoms with Crippen LogP contribution in [0.4, 0.5) is 8.78 Å². The predicted octanol–water partition coefficient (Wildman–Crippen LogP) is 5.83. The lowest BCUT2D eigenvalue weighted by Gasteiger charge is -2.38. The number of halogens is 2. The van der Waals surface area contributed by atoms with Crippen LogP contribution in [0, 0.1) is 18.8 Å². The standard InChI is InChI=1S/C27H44F2N4/c1-8-19(3)14-26-23(25(30-6)11-13-33(26)7)18-31-16-22-15-20(4)24(32-17-22)10-12-27(28,29)21(5)9-2/h11,13,15,17-19,21,25-26,30-31H,8-10,12,14,16H2,1-7H3/b23-18+. The maximum atomic E-state index is 14.2. The van der Waals surface area contributed by atoms with Crippen LogP contribution < -0.4 is 10.6 Å². The van der Waals surface area contributed by atoms with E-state index in [9.17, 15) is 8.78 Å². The Balaban J connectivity index is 2.05. The van der Waals surface area contributed by atoms with E-state index in [0.29, 0.717) is 31.3 Å². The molecule has 4 nitrogen and oxygen atoms in total. The van der Waals surface area contributed by atoms with Crippen molar-refractivity contribution in [2.75, 3.05) is 14.1 Å². The highest BCUT2D eigenvalue weighted by Gasteiger charge is 2.34. The van der Waals surface area contributed by atoms with Crippen molar-refractivity contribution in [3.8, 4) is 0 Å². The second kappa shape index (κ2) is 12.5. The molecule has 0 aliphatic carbocycles. The lowest BCUT2D eigenvalue weighted by atomic mass is 9.88. The van der Waals surface area contributed by atoms with Gasteiger partial charge in [0.25, 0.3) is 5.92 Å². The van der Waals surface area contributed by atoms with Crippen LogP contribution >= 0.6 is 0 Å². The van der Waals surface area contributed by atoms with E-state index >= 15 is 0 Å². The van der Waals surface area contributed by atoms with Crippen LogP contribution in [0.15, 0.2) is 36.3 Å². The average Bonchev–Trinajstić information content (AvgIpc) is 2.79. The van der Waals surface area contributed by atoms with Gasteiger partial charge in [-0.05, 0) is 74.3 Å². The van der Waals surface area contributed by atoms with E-state index in [4.69, 9.17) is 0 Å². The highest BCUT2D eigenvalue weighted by molar-refractivity contribution is 5.29. The zero-order valence-electron chi connectivity index (χ0n) is 21.6. The van der Waals surface area contributed by atoms with Crippen LogP contribution in [0.5, 0.6) is 0 Å². The maximum absolute atomic E-state index is 14.2. The first-order valence-corrected chi connectivity index (χ1v) is 12.5. The molecule has 1 aliphatic rings. The fraction of sp³-hybridized carbons (Fsp3) is 0.667. The van der Waals surface area contributed by atoms with Crippen LogP contribution in [0.3, 0.4) is 0 Å². The normalized spacial score (nSPS) is 22.0. The predicted molar refractivity (Wildman–Crippen MR) is 134 cm³/mol. The Kier molecular flexibility index (Phi) is 10.3. The van der Waals surface area contributed by atoms with E-state index in [1.54, 1.807) is 6.92 Å². The van der Waals surface area contributed by atoms with Gasteiger partial charge in [0.05, 0.1) is 12.1 Å². The summed E-state index contributed by atoms with van der Waals surface area (Å²) in [6.07, 6.45) is 11.2.